The maximum Gasteiger partial charge on any atom is -0.0196 e. The molecule has 0 bridgehead atoms. The van der Waals surface area contributed by atoms with Crippen LogP contribution in [0, 0.1) is 0 Å². The summed E-state index contributed by atoms with van der Waals surface area (Å²) >= 11 is 0. The van der Waals surface area contributed by atoms with Gasteiger partial charge in [-0.3, -0.25) is 0 Å². The summed E-state index contributed by atoms with van der Waals surface area (Å²) in [6.45, 7) is 0. The van der Waals surface area contributed by atoms with Crippen LogP contribution in [-0.4, -0.2) is 0 Å². The molecule has 0 saturated carbocycles. The van der Waals surface area contributed by atoms with Crippen LogP contribution in [0.25, 0.3) is 11.8 Å². The fourth-order valence-corrected chi connectivity index (χ4v) is 0.988. The van der Waals surface area contributed by atoms with E-state index in [0.29, 0.717) is 0 Å². The lowest BCUT2D eigenvalue weighted by Gasteiger charge is -2.23. The summed E-state index contributed by atoms with van der Waals surface area (Å²) in [7, 11) is 0. The molecule has 1 aliphatic carbocycles. The average Bonchev–Trinajstić information content (AvgIpc) is 1.86. The summed E-state index contributed by atoms with van der Waals surface area (Å²) < 4.78 is 0. The molecule has 1 aliphatic rings. The van der Waals surface area contributed by atoms with Gasteiger partial charge in [0.05, 0.1) is 0 Å². The molecule has 2 rings (SSSR count). The highest BCUT2D eigenvalue weighted by Gasteiger charge is 2.04. The quantitative estimate of drug-likeness (QED) is 0.494. The van der Waals surface area contributed by atoms with Crippen LogP contribution in [-0.2, 0) is 0 Å². The molecule has 9 heavy (non-hydrogen) atoms. The number of fused-ring (bicyclic) bond motifs is 1. The smallest absolute Gasteiger partial charge is 0.0196 e. The summed E-state index contributed by atoms with van der Waals surface area (Å²) in [4.78, 5) is 0. The van der Waals surface area contributed by atoms with Gasteiger partial charge in [-0.15, -0.1) is 5.76 Å². The Kier molecular flexibility index (Phi) is 0.707. The second kappa shape index (κ2) is 1.38. The fraction of sp³-hybridized carbons (Fsp3) is 0. The van der Waals surface area contributed by atoms with Crippen molar-refractivity contribution in [1.29, 1.82) is 0 Å². The van der Waals surface area contributed by atoms with Gasteiger partial charge < -0.3 is 5.11 Å². The van der Waals surface area contributed by atoms with E-state index < -0.39 is 0 Å². The molecule has 0 amide bonds. The molecule has 0 radical (unpaired) electrons. The van der Waals surface area contributed by atoms with Crippen molar-refractivity contribution in [2.24, 2.45) is 0 Å². The summed E-state index contributed by atoms with van der Waals surface area (Å²) in [6, 6.07) is 7.60. The minimum Gasteiger partial charge on any atom is -0.872 e. The maximum absolute atomic E-state index is 10.7. The molecule has 0 saturated heterocycles. The van der Waals surface area contributed by atoms with Crippen LogP contribution in [0.2, 0.25) is 0 Å². The monoisotopic (exact) mass is 117 g/mol. The lowest BCUT2D eigenvalue weighted by molar-refractivity contribution is -0.243. The zero-order valence-corrected chi connectivity index (χ0v) is 4.79. The van der Waals surface area contributed by atoms with Crippen molar-refractivity contribution in [2.45, 2.75) is 0 Å². The molecule has 44 valence electrons. The highest BCUT2D eigenvalue weighted by atomic mass is 16.3. The van der Waals surface area contributed by atoms with Crippen molar-refractivity contribution >= 4 is 11.8 Å². The number of hydrogen-bond donors (Lipinski definition) is 0. The Morgan fingerprint density at radius 3 is 2.44 bits per heavy atom. The first-order valence-electron chi connectivity index (χ1n) is 2.86. The number of benzene rings is 1. The molecule has 1 aromatic carbocycles. The van der Waals surface area contributed by atoms with Crippen molar-refractivity contribution in [3.8, 4) is 0 Å². The Morgan fingerprint density at radius 2 is 1.89 bits per heavy atom. The van der Waals surface area contributed by atoms with E-state index in [4.69, 9.17) is 0 Å². The first-order valence-corrected chi connectivity index (χ1v) is 2.86. The van der Waals surface area contributed by atoms with Crippen LogP contribution in [0.5, 0.6) is 0 Å². The third kappa shape index (κ3) is 0.486. The molecule has 1 heteroatoms. The van der Waals surface area contributed by atoms with Crippen LogP contribution >= 0.6 is 0 Å². The van der Waals surface area contributed by atoms with E-state index in [1.54, 1.807) is 6.08 Å². The predicted octanol–water partition coefficient (Wildman–Crippen LogP) is 0.858. The third-order valence-electron chi connectivity index (χ3n) is 1.51. The summed E-state index contributed by atoms with van der Waals surface area (Å²) in [5.41, 5.74) is 1.93. The number of rotatable bonds is 0. The van der Waals surface area contributed by atoms with Crippen molar-refractivity contribution in [2.75, 3.05) is 0 Å². The lowest BCUT2D eigenvalue weighted by atomic mass is 9.96. The van der Waals surface area contributed by atoms with E-state index >= 15 is 0 Å². The molecule has 0 aromatic heterocycles. The van der Waals surface area contributed by atoms with E-state index in [-0.39, 0.29) is 5.76 Å². The predicted molar refractivity (Wildman–Crippen MR) is 34.3 cm³/mol. The Morgan fingerprint density at radius 1 is 1.11 bits per heavy atom. The van der Waals surface area contributed by atoms with Gasteiger partial charge in [-0.05, 0) is 11.1 Å². The van der Waals surface area contributed by atoms with E-state index in [0.717, 1.165) is 11.1 Å². The fourth-order valence-electron chi connectivity index (χ4n) is 0.988. The van der Waals surface area contributed by atoms with Gasteiger partial charge in [-0.2, -0.15) is 0 Å². The summed E-state index contributed by atoms with van der Waals surface area (Å²) in [5, 5.41) is 10.7. The van der Waals surface area contributed by atoms with Crippen molar-refractivity contribution < 1.29 is 5.11 Å². The van der Waals surface area contributed by atoms with Crippen LogP contribution in [0.4, 0.5) is 0 Å². The molecule has 1 nitrogen and oxygen atoms in total. The molecule has 0 N–H and O–H groups in total. The lowest BCUT2D eigenvalue weighted by Crippen LogP contribution is -2.09. The van der Waals surface area contributed by atoms with Crippen LogP contribution in [0.1, 0.15) is 11.1 Å². The van der Waals surface area contributed by atoms with Gasteiger partial charge in [0, 0.05) is 0 Å². The molecule has 0 fully saturated rings. The first kappa shape index (κ1) is 4.62. The van der Waals surface area contributed by atoms with Crippen molar-refractivity contribution in [1.82, 2.24) is 0 Å². The van der Waals surface area contributed by atoms with Crippen molar-refractivity contribution in [3.63, 3.8) is 0 Å². The van der Waals surface area contributed by atoms with E-state index in [1.165, 1.54) is 0 Å². The maximum atomic E-state index is 10.7. The first-order chi connectivity index (χ1) is 4.38. The Balaban J connectivity index is 2.61. The highest BCUT2D eigenvalue weighted by Crippen LogP contribution is 2.26. The third-order valence-corrected chi connectivity index (χ3v) is 1.51. The Labute approximate surface area is 53.3 Å². The van der Waals surface area contributed by atoms with Crippen LogP contribution < -0.4 is 5.11 Å². The van der Waals surface area contributed by atoms with Crippen LogP contribution in [0.3, 0.4) is 0 Å². The summed E-state index contributed by atoms with van der Waals surface area (Å²) in [5.74, 6) is 0.158. The Bertz CT molecular complexity index is 274. The zero-order chi connectivity index (χ0) is 6.27. The minimum atomic E-state index is 0.158. The van der Waals surface area contributed by atoms with Gasteiger partial charge in [0.1, 0.15) is 0 Å². The van der Waals surface area contributed by atoms with Gasteiger partial charge in [-0.25, -0.2) is 0 Å². The van der Waals surface area contributed by atoms with E-state index in [1.807, 2.05) is 24.3 Å². The van der Waals surface area contributed by atoms with Crippen molar-refractivity contribution in [3.05, 3.63) is 35.4 Å². The highest BCUT2D eigenvalue weighted by molar-refractivity contribution is 5.90. The normalized spacial score (nSPS) is 13.6. The van der Waals surface area contributed by atoms with Gasteiger partial charge >= 0.3 is 0 Å². The van der Waals surface area contributed by atoms with Gasteiger partial charge in [0.25, 0.3) is 0 Å². The van der Waals surface area contributed by atoms with E-state index in [2.05, 4.69) is 0 Å². The average molecular weight is 117 g/mol. The zero-order valence-electron chi connectivity index (χ0n) is 4.79. The summed E-state index contributed by atoms with van der Waals surface area (Å²) in [6.07, 6.45) is 1.65. The minimum absolute atomic E-state index is 0.158. The van der Waals surface area contributed by atoms with Gasteiger partial charge in [-0.1, -0.05) is 30.3 Å². The van der Waals surface area contributed by atoms with E-state index in [9.17, 15) is 5.11 Å². The molecule has 0 spiro atoms. The molecule has 0 aliphatic heterocycles. The molecular weight excluding hydrogens is 112 g/mol. The van der Waals surface area contributed by atoms with Gasteiger partial charge in [0.2, 0.25) is 0 Å². The van der Waals surface area contributed by atoms with Gasteiger partial charge in [0.15, 0.2) is 0 Å². The Hall–Kier alpha value is -1.24. The second-order valence-corrected chi connectivity index (χ2v) is 2.10. The van der Waals surface area contributed by atoms with Crippen LogP contribution in [0.15, 0.2) is 24.3 Å². The molecule has 1 aromatic rings. The molecule has 0 atom stereocenters. The topological polar surface area (TPSA) is 23.1 Å². The number of hydrogen-bond acceptors (Lipinski definition) is 1. The standard InChI is InChI=1S/C8H6O/c9-8-5-6-3-1-2-4-7(6)8/h1-5,9H/p-1. The SMILES string of the molecule is [O-]C1=Cc2ccccc21. The molecule has 0 unspecified atom stereocenters. The molecular formula is C8H5O-. The molecule has 0 heterocycles. The second-order valence-electron chi connectivity index (χ2n) is 2.10. The largest absolute Gasteiger partial charge is 0.872 e.